The van der Waals surface area contributed by atoms with Gasteiger partial charge in [-0.1, -0.05) is 36.4 Å². The summed E-state index contributed by atoms with van der Waals surface area (Å²) in [6.45, 7) is 3.99. The van der Waals surface area contributed by atoms with Crippen molar-refractivity contribution in [3.63, 3.8) is 0 Å². The summed E-state index contributed by atoms with van der Waals surface area (Å²) in [5.74, 6) is 1.50. The molecule has 0 atom stereocenters. The highest BCUT2D eigenvalue weighted by Gasteiger charge is 2.39. The van der Waals surface area contributed by atoms with Gasteiger partial charge in [0.05, 0.1) is 0 Å². The van der Waals surface area contributed by atoms with E-state index in [2.05, 4.69) is 10.6 Å². The fourth-order valence-corrected chi connectivity index (χ4v) is 3.23. The Morgan fingerprint density at radius 3 is 2.37 bits per heavy atom. The van der Waals surface area contributed by atoms with Crippen LogP contribution in [0.3, 0.4) is 0 Å². The average Bonchev–Trinajstić information content (AvgIpc) is 2.69. The monoisotopic (exact) mass is 390 g/mol. The number of halogens is 1. The van der Waals surface area contributed by atoms with E-state index in [0.717, 1.165) is 35.7 Å². The first-order valence-corrected chi connectivity index (χ1v) is 9.00. The minimum atomic E-state index is -0.739. The van der Waals surface area contributed by atoms with Crippen molar-refractivity contribution in [3.05, 3.63) is 59.7 Å². The number of ether oxygens (including phenoxy) is 2. The molecule has 0 saturated carbocycles. The molecule has 27 heavy (non-hydrogen) atoms. The molecule has 2 aromatic rings. The van der Waals surface area contributed by atoms with Gasteiger partial charge in [-0.3, -0.25) is 4.79 Å². The summed E-state index contributed by atoms with van der Waals surface area (Å²) in [6.07, 6.45) is 1.35. The van der Waals surface area contributed by atoms with Crippen LogP contribution in [-0.4, -0.2) is 31.7 Å². The number of carbonyl (C=O) groups excluding carboxylic acids is 1. The second kappa shape index (κ2) is 9.74. The van der Waals surface area contributed by atoms with E-state index >= 15 is 0 Å². The maximum atomic E-state index is 12.7. The molecule has 0 radical (unpaired) electrons. The van der Waals surface area contributed by atoms with Crippen molar-refractivity contribution in [2.45, 2.75) is 31.9 Å². The highest BCUT2D eigenvalue weighted by atomic mass is 35.5. The third kappa shape index (κ3) is 5.01. The van der Waals surface area contributed by atoms with Crippen LogP contribution in [-0.2, 0) is 16.1 Å². The van der Waals surface area contributed by atoms with E-state index in [1.807, 2.05) is 55.5 Å². The van der Waals surface area contributed by atoms with E-state index in [1.165, 1.54) is 0 Å². The lowest BCUT2D eigenvalue weighted by Gasteiger charge is -2.34. The lowest BCUT2D eigenvalue weighted by molar-refractivity contribution is -0.146. The average molecular weight is 391 g/mol. The van der Waals surface area contributed by atoms with Crippen molar-refractivity contribution in [1.82, 2.24) is 10.6 Å². The number of methoxy groups -OCH3 is 1. The van der Waals surface area contributed by atoms with Crippen LogP contribution in [0.4, 0.5) is 0 Å². The molecule has 1 aliphatic heterocycles. The molecular weight excluding hydrogens is 364 g/mol. The summed E-state index contributed by atoms with van der Waals surface area (Å²) >= 11 is 0. The molecule has 0 aliphatic carbocycles. The van der Waals surface area contributed by atoms with Crippen molar-refractivity contribution in [2.24, 2.45) is 0 Å². The SMILES string of the molecule is COC1(C(=O)NCc2ccccc2Oc2ccccc2C)CCNCC1.Cl. The summed E-state index contributed by atoms with van der Waals surface area (Å²) in [5, 5.41) is 6.29. The summed E-state index contributed by atoms with van der Waals surface area (Å²) in [7, 11) is 1.61. The largest absolute Gasteiger partial charge is 0.457 e. The molecule has 0 unspecified atom stereocenters. The molecule has 1 saturated heterocycles. The van der Waals surface area contributed by atoms with Crippen LogP contribution in [0.5, 0.6) is 11.5 Å². The highest BCUT2D eigenvalue weighted by molar-refractivity contribution is 5.85. The standard InChI is InChI=1S/C21H26N2O3.ClH/c1-16-7-3-5-9-18(16)26-19-10-6-4-8-17(19)15-23-20(24)21(25-2)11-13-22-14-12-21;/h3-10,22H,11-15H2,1-2H3,(H,23,24);1H. The summed E-state index contributed by atoms with van der Waals surface area (Å²) in [5.41, 5.74) is 1.26. The minimum Gasteiger partial charge on any atom is -0.457 e. The van der Waals surface area contributed by atoms with Crippen LogP contribution in [0, 0.1) is 6.92 Å². The van der Waals surface area contributed by atoms with Gasteiger partial charge in [-0.15, -0.1) is 12.4 Å². The molecule has 5 nitrogen and oxygen atoms in total. The Morgan fingerprint density at radius 1 is 1.07 bits per heavy atom. The van der Waals surface area contributed by atoms with Gasteiger partial charge < -0.3 is 20.1 Å². The Morgan fingerprint density at radius 2 is 1.70 bits per heavy atom. The number of hydrogen-bond donors (Lipinski definition) is 2. The quantitative estimate of drug-likeness (QED) is 0.791. The Kier molecular flexibility index (Phi) is 7.66. The van der Waals surface area contributed by atoms with Crippen LogP contribution in [0.1, 0.15) is 24.0 Å². The molecule has 146 valence electrons. The van der Waals surface area contributed by atoms with Crippen molar-refractivity contribution in [3.8, 4) is 11.5 Å². The van der Waals surface area contributed by atoms with Gasteiger partial charge >= 0.3 is 0 Å². The number of nitrogens with one attached hydrogen (secondary N) is 2. The number of rotatable bonds is 6. The van der Waals surface area contributed by atoms with Gasteiger partial charge in [0.1, 0.15) is 17.1 Å². The van der Waals surface area contributed by atoms with Crippen molar-refractivity contribution >= 4 is 18.3 Å². The molecule has 3 rings (SSSR count). The zero-order valence-electron chi connectivity index (χ0n) is 15.8. The van der Waals surface area contributed by atoms with Gasteiger partial charge in [-0.05, 0) is 50.6 Å². The third-order valence-electron chi connectivity index (χ3n) is 4.94. The normalized spacial score (nSPS) is 15.5. The fraction of sp³-hybridized carbons (Fsp3) is 0.381. The van der Waals surface area contributed by atoms with Crippen LogP contribution in [0.15, 0.2) is 48.5 Å². The van der Waals surface area contributed by atoms with Gasteiger partial charge in [0, 0.05) is 19.2 Å². The first-order valence-electron chi connectivity index (χ1n) is 9.00. The van der Waals surface area contributed by atoms with Gasteiger partial charge in [-0.2, -0.15) is 0 Å². The number of hydrogen-bond acceptors (Lipinski definition) is 4. The summed E-state index contributed by atoms with van der Waals surface area (Å²) in [4.78, 5) is 12.7. The van der Waals surface area contributed by atoms with Crippen LogP contribution >= 0.6 is 12.4 Å². The Balaban J connectivity index is 0.00000261. The van der Waals surface area contributed by atoms with E-state index in [9.17, 15) is 4.79 Å². The summed E-state index contributed by atoms with van der Waals surface area (Å²) in [6, 6.07) is 15.7. The van der Waals surface area contributed by atoms with Crippen molar-refractivity contribution in [1.29, 1.82) is 0 Å². The Hall–Kier alpha value is -2.08. The molecular formula is C21H27ClN2O3. The highest BCUT2D eigenvalue weighted by Crippen LogP contribution is 2.28. The number of benzene rings is 2. The molecule has 1 heterocycles. The lowest BCUT2D eigenvalue weighted by atomic mass is 9.91. The van der Waals surface area contributed by atoms with Gasteiger partial charge in [0.15, 0.2) is 0 Å². The first-order chi connectivity index (χ1) is 12.6. The molecule has 1 aliphatic rings. The molecule has 6 heteroatoms. The molecule has 0 aromatic heterocycles. The van der Waals surface area contributed by atoms with Crippen LogP contribution < -0.4 is 15.4 Å². The minimum absolute atomic E-state index is 0. The second-order valence-corrected chi connectivity index (χ2v) is 6.61. The maximum absolute atomic E-state index is 12.7. The topological polar surface area (TPSA) is 59.6 Å². The lowest BCUT2D eigenvalue weighted by Crippen LogP contribution is -2.53. The van der Waals surface area contributed by atoms with Gasteiger partial charge in [0.2, 0.25) is 0 Å². The zero-order valence-corrected chi connectivity index (χ0v) is 16.6. The number of aryl methyl sites for hydroxylation is 1. The molecule has 0 spiro atoms. The van der Waals surface area contributed by atoms with Crippen molar-refractivity contribution < 1.29 is 14.3 Å². The molecule has 1 fully saturated rings. The first kappa shape index (κ1) is 21.2. The smallest absolute Gasteiger partial charge is 0.252 e. The zero-order chi connectivity index (χ0) is 18.4. The Labute approximate surface area is 166 Å². The third-order valence-corrected chi connectivity index (χ3v) is 4.94. The Bertz CT molecular complexity index is 761. The van der Waals surface area contributed by atoms with E-state index < -0.39 is 5.60 Å². The molecule has 2 N–H and O–H groups in total. The number of para-hydroxylation sites is 2. The second-order valence-electron chi connectivity index (χ2n) is 6.61. The molecule has 1 amide bonds. The molecule has 2 aromatic carbocycles. The number of amides is 1. The molecule has 0 bridgehead atoms. The predicted octanol–water partition coefficient (Wildman–Crippen LogP) is 3.59. The van der Waals surface area contributed by atoms with Gasteiger partial charge in [0.25, 0.3) is 5.91 Å². The van der Waals surface area contributed by atoms with Crippen molar-refractivity contribution in [2.75, 3.05) is 20.2 Å². The van der Waals surface area contributed by atoms with Crippen LogP contribution in [0.2, 0.25) is 0 Å². The number of piperidine rings is 1. The fourth-order valence-electron chi connectivity index (χ4n) is 3.23. The van der Waals surface area contributed by atoms with E-state index in [1.54, 1.807) is 7.11 Å². The van der Waals surface area contributed by atoms with Crippen LogP contribution in [0.25, 0.3) is 0 Å². The van der Waals surface area contributed by atoms with E-state index in [-0.39, 0.29) is 18.3 Å². The number of carbonyl (C=O) groups is 1. The maximum Gasteiger partial charge on any atom is 0.252 e. The van der Waals surface area contributed by atoms with E-state index in [4.69, 9.17) is 9.47 Å². The van der Waals surface area contributed by atoms with E-state index in [0.29, 0.717) is 19.4 Å². The van der Waals surface area contributed by atoms with Gasteiger partial charge in [-0.25, -0.2) is 0 Å². The summed E-state index contributed by atoms with van der Waals surface area (Å²) < 4.78 is 11.7. The predicted molar refractivity (Wildman–Crippen MR) is 109 cm³/mol.